The van der Waals surface area contributed by atoms with Gasteiger partial charge in [-0.15, -0.1) is 0 Å². The molecule has 0 aliphatic carbocycles. The first-order valence-electron chi connectivity index (χ1n) is 6.89. The fraction of sp³-hybridized carbons (Fsp3) is 0.600. The molecule has 19 heavy (non-hydrogen) atoms. The molecular formula is C15H23N3S. The van der Waals surface area contributed by atoms with E-state index >= 15 is 0 Å². The zero-order valence-corrected chi connectivity index (χ0v) is 12.8. The van der Waals surface area contributed by atoms with Gasteiger partial charge in [0.2, 0.25) is 0 Å². The van der Waals surface area contributed by atoms with Crippen molar-refractivity contribution in [1.29, 1.82) is 0 Å². The van der Waals surface area contributed by atoms with Crippen LogP contribution < -0.4 is 5.32 Å². The van der Waals surface area contributed by atoms with Gasteiger partial charge in [0.05, 0.1) is 0 Å². The van der Waals surface area contributed by atoms with Gasteiger partial charge in [0.25, 0.3) is 0 Å². The van der Waals surface area contributed by atoms with Crippen molar-refractivity contribution in [1.82, 2.24) is 10.3 Å². The van der Waals surface area contributed by atoms with E-state index in [-0.39, 0.29) is 0 Å². The van der Waals surface area contributed by atoms with Gasteiger partial charge in [-0.05, 0) is 24.0 Å². The number of pyridine rings is 1. The summed E-state index contributed by atoms with van der Waals surface area (Å²) in [7, 11) is 0. The maximum atomic E-state index is 4.67. The number of aromatic nitrogens is 1. The van der Waals surface area contributed by atoms with Crippen LogP contribution in [-0.2, 0) is 6.42 Å². The van der Waals surface area contributed by atoms with Crippen LogP contribution in [0.1, 0.15) is 32.9 Å². The average molecular weight is 277 g/mol. The molecule has 1 atom stereocenters. The monoisotopic (exact) mass is 277 g/mol. The Labute approximate surface area is 120 Å². The minimum Gasteiger partial charge on any atom is -0.362 e. The van der Waals surface area contributed by atoms with Crippen molar-refractivity contribution in [2.45, 2.75) is 39.7 Å². The summed E-state index contributed by atoms with van der Waals surface area (Å²) < 4.78 is 0. The zero-order valence-electron chi connectivity index (χ0n) is 12.0. The third kappa shape index (κ3) is 4.53. The van der Waals surface area contributed by atoms with Crippen molar-refractivity contribution in [2.24, 2.45) is 10.4 Å². The molecule has 1 aliphatic heterocycles. The molecule has 0 amide bonds. The molecule has 1 unspecified atom stereocenters. The van der Waals surface area contributed by atoms with Gasteiger partial charge < -0.3 is 5.32 Å². The van der Waals surface area contributed by atoms with Crippen LogP contribution in [0.4, 0.5) is 0 Å². The molecule has 0 bridgehead atoms. The van der Waals surface area contributed by atoms with E-state index in [0.29, 0.717) is 11.5 Å². The molecule has 0 radical (unpaired) electrons. The first kappa shape index (κ1) is 14.4. The molecule has 2 heterocycles. The molecule has 1 aromatic heterocycles. The Balaban J connectivity index is 1.86. The number of hydrogen-bond acceptors (Lipinski definition) is 3. The van der Waals surface area contributed by atoms with Crippen LogP contribution in [0.25, 0.3) is 0 Å². The standard InChI is InChI=1S/C15H23N3S/c1-15(2,3)13-8-11-19-14(18-13)17-10-7-12-6-4-5-9-16-12/h4-6,9,13H,7-8,10-11H2,1-3H3,(H,17,18). The highest BCUT2D eigenvalue weighted by Crippen LogP contribution is 2.27. The van der Waals surface area contributed by atoms with Crippen molar-refractivity contribution in [3.05, 3.63) is 30.1 Å². The van der Waals surface area contributed by atoms with Gasteiger partial charge in [-0.2, -0.15) is 0 Å². The Morgan fingerprint density at radius 1 is 1.42 bits per heavy atom. The molecule has 2 rings (SSSR count). The molecule has 0 saturated carbocycles. The molecular weight excluding hydrogens is 254 g/mol. The number of rotatable bonds is 3. The van der Waals surface area contributed by atoms with Crippen LogP contribution in [0.5, 0.6) is 0 Å². The Morgan fingerprint density at radius 3 is 2.95 bits per heavy atom. The smallest absolute Gasteiger partial charge is 0.156 e. The molecule has 1 aromatic rings. The largest absolute Gasteiger partial charge is 0.362 e. The van der Waals surface area contributed by atoms with Crippen LogP contribution in [0.3, 0.4) is 0 Å². The van der Waals surface area contributed by atoms with Gasteiger partial charge in [-0.25, -0.2) is 0 Å². The number of nitrogens with zero attached hydrogens (tertiary/aromatic N) is 2. The van der Waals surface area contributed by atoms with E-state index in [1.54, 1.807) is 0 Å². The highest BCUT2D eigenvalue weighted by atomic mass is 32.2. The fourth-order valence-corrected chi connectivity index (χ4v) is 3.05. The number of hydrogen-bond donors (Lipinski definition) is 1. The van der Waals surface area contributed by atoms with Crippen LogP contribution >= 0.6 is 11.8 Å². The summed E-state index contributed by atoms with van der Waals surface area (Å²) in [5.41, 5.74) is 1.41. The molecule has 0 spiro atoms. The van der Waals surface area contributed by atoms with Gasteiger partial charge in [-0.1, -0.05) is 38.6 Å². The highest BCUT2D eigenvalue weighted by Gasteiger charge is 2.28. The maximum absolute atomic E-state index is 4.67. The molecule has 3 nitrogen and oxygen atoms in total. The maximum Gasteiger partial charge on any atom is 0.156 e. The lowest BCUT2D eigenvalue weighted by atomic mass is 9.85. The van der Waals surface area contributed by atoms with Crippen molar-refractivity contribution < 1.29 is 0 Å². The van der Waals surface area contributed by atoms with E-state index in [2.05, 4.69) is 42.1 Å². The SMILES string of the molecule is CC(C)(C)C1CCSC(=NCCc2ccccn2)N1. The lowest BCUT2D eigenvalue weighted by Crippen LogP contribution is -2.46. The number of aliphatic imine (C=N–C) groups is 1. The zero-order chi connectivity index (χ0) is 13.7. The summed E-state index contributed by atoms with van der Waals surface area (Å²) in [6.07, 6.45) is 3.96. The summed E-state index contributed by atoms with van der Waals surface area (Å²) >= 11 is 1.84. The van der Waals surface area contributed by atoms with Gasteiger partial charge in [0, 0.05) is 36.7 Å². The van der Waals surface area contributed by atoms with Crippen molar-refractivity contribution in [3.8, 4) is 0 Å². The lowest BCUT2D eigenvalue weighted by Gasteiger charge is -2.35. The Bertz CT molecular complexity index is 423. The van der Waals surface area contributed by atoms with Gasteiger partial charge in [0.1, 0.15) is 0 Å². The van der Waals surface area contributed by atoms with Crippen LogP contribution in [0, 0.1) is 5.41 Å². The number of nitrogens with one attached hydrogen (secondary N) is 1. The summed E-state index contributed by atoms with van der Waals surface area (Å²) in [5.74, 6) is 1.16. The Hall–Kier alpha value is -1.03. The topological polar surface area (TPSA) is 37.3 Å². The van der Waals surface area contributed by atoms with Crippen molar-refractivity contribution in [3.63, 3.8) is 0 Å². The van der Waals surface area contributed by atoms with Crippen LogP contribution in [-0.4, -0.2) is 28.5 Å². The second-order valence-corrected chi connectivity index (χ2v) is 7.04. The number of amidine groups is 1. The predicted molar refractivity (Wildman–Crippen MR) is 83.7 cm³/mol. The quantitative estimate of drug-likeness (QED) is 0.922. The van der Waals surface area contributed by atoms with E-state index in [9.17, 15) is 0 Å². The third-order valence-corrected chi connectivity index (χ3v) is 4.30. The van der Waals surface area contributed by atoms with E-state index < -0.39 is 0 Å². The average Bonchev–Trinajstić information content (AvgIpc) is 2.39. The molecule has 1 fully saturated rings. The summed E-state index contributed by atoms with van der Waals surface area (Å²) in [6.45, 7) is 7.66. The fourth-order valence-electron chi connectivity index (χ4n) is 2.10. The molecule has 1 saturated heterocycles. The first-order chi connectivity index (χ1) is 9.05. The van der Waals surface area contributed by atoms with E-state index in [4.69, 9.17) is 0 Å². The van der Waals surface area contributed by atoms with E-state index in [0.717, 1.165) is 29.6 Å². The second-order valence-electron chi connectivity index (χ2n) is 5.96. The Kier molecular flexibility index (Phi) is 4.86. The highest BCUT2D eigenvalue weighted by molar-refractivity contribution is 8.13. The second kappa shape index (κ2) is 6.42. The van der Waals surface area contributed by atoms with Crippen LogP contribution in [0.15, 0.2) is 29.4 Å². The van der Waals surface area contributed by atoms with E-state index in [1.165, 1.54) is 6.42 Å². The minimum atomic E-state index is 0.294. The lowest BCUT2D eigenvalue weighted by molar-refractivity contribution is 0.290. The van der Waals surface area contributed by atoms with Gasteiger partial charge in [0.15, 0.2) is 5.17 Å². The van der Waals surface area contributed by atoms with Crippen molar-refractivity contribution in [2.75, 3.05) is 12.3 Å². The summed E-state index contributed by atoms with van der Waals surface area (Å²) in [4.78, 5) is 8.99. The van der Waals surface area contributed by atoms with Gasteiger partial charge in [-0.3, -0.25) is 9.98 Å². The molecule has 104 valence electrons. The van der Waals surface area contributed by atoms with E-state index in [1.807, 2.05) is 30.1 Å². The van der Waals surface area contributed by atoms with Crippen LogP contribution in [0.2, 0.25) is 0 Å². The normalized spacial score (nSPS) is 22.3. The molecule has 1 aliphatic rings. The molecule has 1 N–H and O–H groups in total. The predicted octanol–water partition coefficient (Wildman–Crippen LogP) is 3.12. The minimum absolute atomic E-state index is 0.294. The third-order valence-electron chi connectivity index (χ3n) is 3.34. The first-order valence-corrected chi connectivity index (χ1v) is 7.88. The Morgan fingerprint density at radius 2 is 2.26 bits per heavy atom. The summed E-state index contributed by atoms with van der Waals surface area (Å²) in [6, 6.07) is 6.56. The molecule has 0 aromatic carbocycles. The molecule has 4 heteroatoms. The summed E-state index contributed by atoms with van der Waals surface area (Å²) in [5, 5.41) is 4.67. The van der Waals surface area contributed by atoms with Crippen molar-refractivity contribution >= 4 is 16.9 Å². The number of thioether (sulfide) groups is 1. The van der Waals surface area contributed by atoms with Gasteiger partial charge >= 0.3 is 0 Å².